The normalized spacial score (nSPS) is 21.6. The minimum Gasteiger partial charge on any atom is -0.464 e. The van der Waals surface area contributed by atoms with E-state index in [0.29, 0.717) is 23.7 Å². The highest BCUT2D eigenvalue weighted by atomic mass is 16.5. The first kappa shape index (κ1) is 13.6. The summed E-state index contributed by atoms with van der Waals surface area (Å²) in [6.07, 6.45) is 2.17. The number of nitrogens with zero attached hydrogens (tertiary/aromatic N) is 1. The number of ether oxygens (including phenoxy) is 2. The molecule has 0 amide bonds. The third-order valence-electron chi connectivity index (χ3n) is 3.16. The second kappa shape index (κ2) is 5.88. The summed E-state index contributed by atoms with van der Waals surface area (Å²) in [6, 6.07) is 3.50. The molecule has 1 aromatic rings. The summed E-state index contributed by atoms with van der Waals surface area (Å²) in [5.41, 5.74) is 6.61. The van der Waals surface area contributed by atoms with Crippen LogP contribution in [-0.4, -0.2) is 36.8 Å². The van der Waals surface area contributed by atoms with Gasteiger partial charge in [0.05, 0.1) is 18.9 Å². The smallest absolute Gasteiger partial charge is 0.356 e. The molecule has 0 saturated heterocycles. The van der Waals surface area contributed by atoms with Gasteiger partial charge in [-0.3, -0.25) is 0 Å². The molecule has 6 heteroatoms. The maximum atomic E-state index is 11.4. The van der Waals surface area contributed by atoms with Crippen molar-refractivity contribution in [1.82, 2.24) is 4.98 Å². The van der Waals surface area contributed by atoms with Crippen LogP contribution < -0.4 is 11.1 Å². The Morgan fingerprint density at radius 3 is 2.89 bits per heavy atom. The van der Waals surface area contributed by atoms with E-state index in [4.69, 9.17) is 10.5 Å². The number of anilines is 2. The van der Waals surface area contributed by atoms with Gasteiger partial charge in [0.2, 0.25) is 0 Å². The van der Waals surface area contributed by atoms with Gasteiger partial charge in [-0.2, -0.15) is 0 Å². The van der Waals surface area contributed by atoms with Crippen LogP contribution in [0.1, 0.15) is 30.3 Å². The third kappa shape index (κ3) is 3.14. The molecule has 6 nitrogen and oxygen atoms in total. The number of carbonyl (C=O) groups excluding carboxylic acids is 1. The largest absolute Gasteiger partial charge is 0.464 e. The van der Waals surface area contributed by atoms with Crippen molar-refractivity contribution in [1.29, 1.82) is 0 Å². The van der Waals surface area contributed by atoms with Crippen molar-refractivity contribution in [2.24, 2.45) is 0 Å². The third-order valence-corrected chi connectivity index (χ3v) is 3.16. The van der Waals surface area contributed by atoms with Crippen LogP contribution in [0, 0.1) is 0 Å². The molecule has 2 rings (SSSR count). The van der Waals surface area contributed by atoms with Gasteiger partial charge in [-0.15, -0.1) is 0 Å². The molecule has 0 aliphatic heterocycles. The topological polar surface area (TPSA) is 86.5 Å². The standard InChI is InChI=1S/C13H19N3O3/c1-3-19-9-6-8(7-9)15-12-10(14)4-5-11(16-12)13(17)18-2/h4-5,8-9H,3,6-7,14H2,1-2H3,(H,15,16). The number of nitrogen functional groups attached to an aromatic ring is 1. The molecular formula is C13H19N3O3. The lowest BCUT2D eigenvalue weighted by Gasteiger charge is -2.35. The maximum absolute atomic E-state index is 11.4. The monoisotopic (exact) mass is 265 g/mol. The molecule has 1 fully saturated rings. The number of nitrogens with one attached hydrogen (secondary N) is 1. The SMILES string of the molecule is CCOC1CC(Nc2nc(C(=O)OC)ccc2N)C1. The number of esters is 1. The highest BCUT2D eigenvalue weighted by Crippen LogP contribution is 2.28. The van der Waals surface area contributed by atoms with E-state index < -0.39 is 5.97 Å². The highest BCUT2D eigenvalue weighted by Gasteiger charge is 2.30. The van der Waals surface area contributed by atoms with E-state index in [2.05, 4.69) is 15.0 Å². The van der Waals surface area contributed by atoms with Gasteiger partial charge in [0, 0.05) is 12.6 Å². The fourth-order valence-electron chi connectivity index (χ4n) is 2.05. The molecular weight excluding hydrogens is 246 g/mol. The molecule has 1 saturated carbocycles. The molecule has 3 N–H and O–H groups in total. The predicted molar refractivity (Wildman–Crippen MR) is 72.0 cm³/mol. The van der Waals surface area contributed by atoms with Crippen LogP contribution in [0.5, 0.6) is 0 Å². The van der Waals surface area contributed by atoms with E-state index in [1.165, 1.54) is 7.11 Å². The average molecular weight is 265 g/mol. The Kier molecular flexibility index (Phi) is 4.21. The van der Waals surface area contributed by atoms with Crippen LogP contribution in [0.2, 0.25) is 0 Å². The molecule has 0 spiro atoms. The predicted octanol–water partition coefficient (Wildman–Crippen LogP) is 1.43. The number of nitrogens with two attached hydrogens (primary N) is 1. The van der Waals surface area contributed by atoms with Gasteiger partial charge in [0.15, 0.2) is 5.69 Å². The van der Waals surface area contributed by atoms with E-state index in [9.17, 15) is 4.79 Å². The fourth-order valence-corrected chi connectivity index (χ4v) is 2.05. The van der Waals surface area contributed by atoms with Crippen LogP contribution in [-0.2, 0) is 9.47 Å². The molecule has 0 atom stereocenters. The van der Waals surface area contributed by atoms with E-state index in [1.807, 2.05) is 6.92 Å². The average Bonchev–Trinajstić information content (AvgIpc) is 2.37. The van der Waals surface area contributed by atoms with Crippen molar-refractivity contribution in [3.8, 4) is 0 Å². The zero-order chi connectivity index (χ0) is 13.8. The van der Waals surface area contributed by atoms with E-state index in [-0.39, 0.29) is 5.69 Å². The summed E-state index contributed by atoms with van der Waals surface area (Å²) in [7, 11) is 1.33. The van der Waals surface area contributed by atoms with Crippen LogP contribution in [0.15, 0.2) is 12.1 Å². The van der Waals surface area contributed by atoms with Crippen molar-refractivity contribution >= 4 is 17.5 Å². The first-order valence-electron chi connectivity index (χ1n) is 6.37. The lowest BCUT2D eigenvalue weighted by molar-refractivity contribution is 0.00292. The Bertz CT molecular complexity index is 458. The molecule has 1 aromatic heterocycles. The molecule has 0 radical (unpaired) electrons. The highest BCUT2D eigenvalue weighted by molar-refractivity contribution is 5.88. The zero-order valence-corrected chi connectivity index (χ0v) is 11.2. The number of pyridine rings is 1. The number of carbonyl (C=O) groups is 1. The van der Waals surface area contributed by atoms with Crippen molar-refractivity contribution in [3.05, 3.63) is 17.8 Å². The zero-order valence-electron chi connectivity index (χ0n) is 11.2. The van der Waals surface area contributed by atoms with Crippen LogP contribution in [0.4, 0.5) is 11.5 Å². The van der Waals surface area contributed by atoms with Crippen molar-refractivity contribution in [2.75, 3.05) is 24.8 Å². The molecule has 104 valence electrons. The van der Waals surface area contributed by atoms with Crippen molar-refractivity contribution in [2.45, 2.75) is 31.9 Å². The Labute approximate surface area is 112 Å². The second-order valence-electron chi connectivity index (χ2n) is 4.52. The van der Waals surface area contributed by atoms with Gasteiger partial charge in [-0.05, 0) is 31.9 Å². The summed E-state index contributed by atoms with van der Waals surface area (Å²) in [6.45, 7) is 2.72. The molecule has 19 heavy (non-hydrogen) atoms. The Hall–Kier alpha value is -1.82. The van der Waals surface area contributed by atoms with Gasteiger partial charge in [0.25, 0.3) is 0 Å². The summed E-state index contributed by atoms with van der Waals surface area (Å²) in [5.74, 6) is 0.0618. The number of methoxy groups -OCH3 is 1. The quantitative estimate of drug-likeness (QED) is 0.783. The number of hydrogen-bond acceptors (Lipinski definition) is 6. The van der Waals surface area contributed by atoms with Crippen LogP contribution >= 0.6 is 0 Å². The second-order valence-corrected chi connectivity index (χ2v) is 4.52. The van der Waals surface area contributed by atoms with Crippen molar-refractivity contribution < 1.29 is 14.3 Å². The minimum absolute atomic E-state index is 0.250. The van der Waals surface area contributed by atoms with E-state index in [1.54, 1.807) is 12.1 Å². The summed E-state index contributed by atoms with van der Waals surface area (Å²) < 4.78 is 10.1. The summed E-state index contributed by atoms with van der Waals surface area (Å²) in [4.78, 5) is 15.6. The first-order chi connectivity index (χ1) is 9.13. The summed E-state index contributed by atoms with van der Waals surface area (Å²) >= 11 is 0. The van der Waals surface area contributed by atoms with E-state index >= 15 is 0 Å². The van der Waals surface area contributed by atoms with Crippen LogP contribution in [0.25, 0.3) is 0 Å². The molecule has 0 bridgehead atoms. The molecule has 1 aliphatic rings. The lowest BCUT2D eigenvalue weighted by atomic mass is 9.89. The molecule has 1 aliphatic carbocycles. The Morgan fingerprint density at radius 2 is 2.26 bits per heavy atom. The number of aromatic nitrogens is 1. The first-order valence-corrected chi connectivity index (χ1v) is 6.37. The van der Waals surface area contributed by atoms with Gasteiger partial charge < -0.3 is 20.5 Å². The molecule has 0 unspecified atom stereocenters. The molecule has 1 heterocycles. The number of hydrogen-bond donors (Lipinski definition) is 2. The van der Waals surface area contributed by atoms with Gasteiger partial charge in [0.1, 0.15) is 5.82 Å². The number of rotatable bonds is 5. The minimum atomic E-state index is -0.469. The van der Waals surface area contributed by atoms with Gasteiger partial charge in [-0.25, -0.2) is 9.78 Å². The molecule has 0 aromatic carbocycles. The Morgan fingerprint density at radius 1 is 1.53 bits per heavy atom. The Balaban J connectivity index is 1.98. The van der Waals surface area contributed by atoms with E-state index in [0.717, 1.165) is 19.4 Å². The van der Waals surface area contributed by atoms with Crippen molar-refractivity contribution in [3.63, 3.8) is 0 Å². The summed E-state index contributed by atoms with van der Waals surface area (Å²) in [5, 5.41) is 3.23. The maximum Gasteiger partial charge on any atom is 0.356 e. The van der Waals surface area contributed by atoms with Gasteiger partial charge in [-0.1, -0.05) is 0 Å². The van der Waals surface area contributed by atoms with Crippen LogP contribution in [0.3, 0.4) is 0 Å². The fraction of sp³-hybridized carbons (Fsp3) is 0.538. The van der Waals surface area contributed by atoms with Gasteiger partial charge >= 0.3 is 5.97 Å². The lowest BCUT2D eigenvalue weighted by Crippen LogP contribution is -2.41.